The van der Waals surface area contributed by atoms with Gasteiger partial charge in [0.15, 0.2) is 0 Å². The lowest BCUT2D eigenvalue weighted by atomic mass is 10.1. The van der Waals surface area contributed by atoms with Crippen molar-refractivity contribution >= 4 is 5.91 Å². The van der Waals surface area contributed by atoms with Crippen molar-refractivity contribution in [3.8, 4) is 5.75 Å². The highest BCUT2D eigenvalue weighted by molar-refractivity contribution is 5.81. The van der Waals surface area contributed by atoms with Crippen LogP contribution in [0.4, 0.5) is 0 Å². The van der Waals surface area contributed by atoms with Crippen LogP contribution in [0.25, 0.3) is 0 Å². The van der Waals surface area contributed by atoms with Gasteiger partial charge in [-0.25, -0.2) is 0 Å². The monoisotopic (exact) mass is 292 g/mol. The van der Waals surface area contributed by atoms with Gasteiger partial charge in [-0.05, 0) is 30.5 Å². The third-order valence-corrected chi connectivity index (χ3v) is 3.56. The number of phenolic OH excluding ortho intramolecular Hbond substituents is 1. The number of benzene rings is 1. The van der Waals surface area contributed by atoms with Crippen LogP contribution in [0, 0.1) is 0 Å². The molecule has 4 nitrogen and oxygen atoms in total. The maximum atomic E-state index is 11.9. The molecule has 0 fully saturated rings. The Labute approximate surface area is 127 Å². The standard InChI is InChI=1S/C17H28N2O2/c1-2-3-4-5-6-7-12-19-17(21)16(18)13-14-8-10-15(20)11-9-14/h8-11,16,20H,2-7,12-13,18H2,1H3,(H,19,21). The molecule has 1 unspecified atom stereocenters. The van der Waals surface area contributed by atoms with E-state index in [0.717, 1.165) is 18.4 Å². The van der Waals surface area contributed by atoms with Crippen molar-refractivity contribution in [2.24, 2.45) is 5.73 Å². The molecule has 4 N–H and O–H groups in total. The van der Waals surface area contributed by atoms with Crippen LogP contribution >= 0.6 is 0 Å². The second-order valence-corrected chi connectivity index (χ2v) is 5.54. The molecule has 0 aliphatic heterocycles. The second kappa shape index (κ2) is 10.2. The number of hydrogen-bond donors (Lipinski definition) is 3. The highest BCUT2D eigenvalue weighted by Crippen LogP contribution is 2.11. The minimum absolute atomic E-state index is 0.100. The molecule has 1 aromatic rings. The fourth-order valence-electron chi connectivity index (χ4n) is 2.23. The van der Waals surface area contributed by atoms with E-state index < -0.39 is 6.04 Å². The van der Waals surface area contributed by atoms with E-state index >= 15 is 0 Å². The van der Waals surface area contributed by atoms with Gasteiger partial charge in [0.05, 0.1) is 6.04 Å². The zero-order valence-electron chi connectivity index (χ0n) is 13.0. The average Bonchev–Trinajstić information content (AvgIpc) is 2.48. The van der Waals surface area contributed by atoms with Crippen LogP contribution in [-0.2, 0) is 11.2 Å². The summed E-state index contributed by atoms with van der Waals surface area (Å²) in [6, 6.07) is 6.26. The van der Waals surface area contributed by atoms with Crippen molar-refractivity contribution in [3.05, 3.63) is 29.8 Å². The van der Waals surface area contributed by atoms with Crippen molar-refractivity contribution in [1.29, 1.82) is 0 Å². The summed E-state index contributed by atoms with van der Waals surface area (Å²) < 4.78 is 0. The van der Waals surface area contributed by atoms with Crippen LogP contribution in [0.5, 0.6) is 5.75 Å². The van der Waals surface area contributed by atoms with E-state index in [1.54, 1.807) is 24.3 Å². The van der Waals surface area contributed by atoms with Crippen molar-refractivity contribution in [2.45, 2.75) is 57.9 Å². The number of aromatic hydroxyl groups is 1. The fourth-order valence-corrected chi connectivity index (χ4v) is 2.23. The largest absolute Gasteiger partial charge is 0.508 e. The number of nitrogens with one attached hydrogen (secondary N) is 1. The lowest BCUT2D eigenvalue weighted by Gasteiger charge is -2.12. The molecule has 1 amide bonds. The number of unbranched alkanes of at least 4 members (excludes halogenated alkanes) is 5. The fraction of sp³-hybridized carbons (Fsp3) is 0.588. The first kappa shape index (κ1) is 17.5. The van der Waals surface area contributed by atoms with Crippen molar-refractivity contribution in [1.82, 2.24) is 5.32 Å². The van der Waals surface area contributed by atoms with Crippen LogP contribution in [0.3, 0.4) is 0 Å². The Balaban J connectivity index is 2.15. The van der Waals surface area contributed by atoms with Crippen LogP contribution < -0.4 is 11.1 Å². The summed E-state index contributed by atoms with van der Waals surface area (Å²) in [4.78, 5) is 11.9. The van der Waals surface area contributed by atoms with Gasteiger partial charge in [0, 0.05) is 6.54 Å². The summed E-state index contributed by atoms with van der Waals surface area (Å²) in [7, 11) is 0. The Morgan fingerprint density at radius 2 is 1.76 bits per heavy atom. The Bertz CT molecular complexity index is 404. The predicted molar refractivity (Wildman–Crippen MR) is 86.2 cm³/mol. The molecule has 0 spiro atoms. The molecule has 1 atom stereocenters. The number of hydrogen-bond acceptors (Lipinski definition) is 3. The average molecular weight is 292 g/mol. The summed E-state index contributed by atoms with van der Waals surface area (Å²) in [6.07, 6.45) is 7.73. The van der Waals surface area contributed by atoms with Gasteiger partial charge in [0.25, 0.3) is 0 Å². The number of rotatable bonds is 10. The maximum absolute atomic E-state index is 11.9. The summed E-state index contributed by atoms with van der Waals surface area (Å²) in [5.74, 6) is 0.122. The van der Waals surface area contributed by atoms with Gasteiger partial charge in [0.2, 0.25) is 5.91 Å². The summed E-state index contributed by atoms with van der Waals surface area (Å²) >= 11 is 0. The molecule has 0 bridgehead atoms. The van der Waals surface area contributed by atoms with Crippen molar-refractivity contribution in [2.75, 3.05) is 6.54 Å². The van der Waals surface area contributed by atoms with Crippen molar-refractivity contribution in [3.63, 3.8) is 0 Å². The number of carbonyl (C=O) groups is 1. The molecule has 0 aliphatic rings. The van der Waals surface area contributed by atoms with Gasteiger partial charge in [0.1, 0.15) is 5.75 Å². The summed E-state index contributed by atoms with van der Waals surface area (Å²) in [6.45, 7) is 2.91. The Hall–Kier alpha value is -1.55. The van der Waals surface area contributed by atoms with Crippen LogP contribution in [0.1, 0.15) is 51.0 Å². The first-order valence-corrected chi connectivity index (χ1v) is 7.94. The zero-order valence-corrected chi connectivity index (χ0v) is 13.0. The third kappa shape index (κ3) is 7.71. The first-order valence-electron chi connectivity index (χ1n) is 7.94. The first-order chi connectivity index (χ1) is 10.1. The van der Waals surface area contributed by atoms with E-state index in [-0.39, 0.29) is 11.7 Å². The van der Waals surface area contributed by atoms with E-state index in [2.05, 4.69) is 12.2 Å². The van der Waals surface area contributed by atoms with E-state index in [4.69, 9.17) is 5.73 Å². The van der Waals surface area contributed by atoms with Gasteiger partial charge < -0.3 is 16.2 Å². The third-order valence-electron chi connectivity index (χ3n) is 3.56. The predicted octanol–water partition coefficient (Wildman–Crippen LogP) is 2.74. The number of phenols is 1. The van der Waals surface area contributed by atoms with Crippen molar-refractivity contribution < 1.29 is 9.90 Å². The van der Waals surface area contributed by atoms with Gasteiger partial charge in [-0.1, -0.05) is 51.2 Å². The Morgan fingerprint density at radius 3 is 2.43 bits per heavy atom. The van der Waals surface area contributed by atoms with Gasteiger partial charge in [-0.15, -0.1) is 0 Å². The Morgan fingerprint density at radius 1 is 1.14 bits per heavy atom. The van der Waals surface area contributed by atoms with E-state index in [0.29, 0.717) is 13.0 Å². The van der Waals surface area contributed by atoms with E-state index in [1.165, 1.54) is 25.7 Å². The number of nitrogens with two attached hydrogens (primary N) is 1. The minimum Gasteiger partial charge on any atom is -0.508 e. The molecule has 0 aromatic heterocycles. The number of carbonyl (C=O) groups excluding carboxylic acids is 1. The molecule has 1 aromatic carbocycles. The van der Waals surface area contributed by atoms with Gasteiger partial charge in [-0.3, -0.25) is 4.79 Å². The Kier molecular flexibility index (Phi) is 8.51. The molecular formula is C17H28N2O2. The SMILES string of the molecule is CCCCCCCCNC(=O)C(N)Cc1ccc(O)cc1. The lowest BCUT2D eigenvalue weighted by molar-refractivity contribution is -0.122. The van der Waals surface area contributed by atoms with Crippen LogP contribution in [-0.4, -0.2) is 23.6 Å². The molecule has 118 valence electrons. The van der Waals surface area contributed by atoms with Gasteiger partial charge in [-0.2, -0.15) is 0 Å². The van der Waals surface area contributed by atoms with E-state index in [1.807, 2.05) is 0 Å². The summed E-state index contributed by atoms with van der Waals surface area (Å²) in [5.41, 5.74) is 6.85. The smallest absolute Gasteiger partial charge is 0.237 e. The van der Waals surface area contributed by atoms with Crippen LogP contribution in [0.15, 0.2) is 24.3 Å². The normalized spacial score (nSPS) is 12.1. The zero-order chi connectivity index (χ0) is 15.5. The summed E-state index contributed by atoms with van der Waals surface area (Å²) in [5, 5.41) is 12.1. The highest BCUT2D eigenvalue weighted by Gasteiger charge is 2.13. The van der Waals surface area contributed by atoms with Gasteiger partial charge >= 0.3 is 0 Å². The number of amides is 1. The quantitative estimate of drug-likeness (QED) is 0.580. The molecule has 0 saturated carbocycles. The molecule has 0 saturated heterocycles. The molecule has 21 heavy (non-hydrogen) atoms. The van der Waals surface area contributed by atoms with E-state index in [9.17, 15) is 9.90 Å². The molecule has 0 aliphatic carbocycles. The lowest BCUT2D eigenvalue weighted by Crippen LogP contribution is -2.42. The molecule has 0 heterocycles. The molecule has 4 heteroatoms. The maximum Gasteiger partial charge on any atom is 0.237 e. The van der Waals surface area contributed by atoms with Crippen LogP contribution in [0.2, 0.25) is 0 Å². The second-order valence-electron chi connectivity index (χ2n) is 5.54. The molecule has 0 radical (unpaired) electrons. The molecule has 1 rings (SSSR count). The molecular weight excluding hydrogens is 264 g/mol. The highest BCUT2D eigenvalue weighted by atomic mass is 16.3. The topological polar surface area (TPSA) is 75.4 Å². The minimum atomic E-state index is -0.533.